The Balaban J connectivity index is 2.36. The fourth-order valence-corrected chi connectivity index (χ4v) is 2.49. The number of anilines is 1. The smallest absolute Gasteiger partial charge is 0.266 e. The number of amides is 1. The lowest BCUT2D eigenvalue weighted by Crippen LogP contribution is -2.41. The van der Waals surface area contributed by atoms with E-state index < -0.39 is 0 Å². The average molecular weight is 211 g/mol. The van der Waals surface area contributed by atoms with Crippen molar-refractivity contribution in [1.29, 1.82) is 0 Å². The summed E-state index contributed by atoms with van der Waals surface area (Å²) in [7, 11) is 0. The molecular formula is C9H13N3OS. The van der Waals surface area contributed by atoms with E-state index in [1.807, 2.05) is 18.7 Å². The van der Waals surface area contributed by atoms with Crippen molar-refractivity contribution < 1.29 is 4.79 Å². The molecule has 0 spiro atoms. The lowest BCUT2D eigenvalue weighted by molar-refractivity contribution is 0.0693. The van der Waals surface area contributed by atoms with Crippen molar-refractivity contribution >= 4 is 22.4 Å². The molecular weight excluding hydrogens is 198 g/mol. The molecule has 2 rings (SSSR count). The van der Waals surface area contributed by atoms with E-state index in [0.29, 0.717) is 5.13 Å². The second kappa shape index (κ2) is 3.24. The number of fused-ring (bicyclic) bond motifs is 1. The molecule has 0 atom stereocenters. The molecule has 2 heterocycles. The van der Waals surface area contributed by atoms with Crippen LogP contribution in [0.15, 0.2) is 0 Å². The fraction of sp³-hybridized carbons (Fsp3) is 0.556. The highest BCUT2D eigenvalue weighted by atomic mass is 32.1. The number of rotatable bonds is 1. The Morgan fingerprint density at radius 3 is 2.93 bits per heavy atom. The van der Waals surface area contributed by atoms with Gasteiger partial charge in [0.05, 0.1) is 5.69 Å². The second-order valence-electron chi connectivity index (χ2n) is 3.67. The number of hydrogen-bond acceptors (Lipinski definition) is 4. The predicted molar refractivity (Wildman–Crippen MR) is 56.4 cm³/mol. The molecule has 2 N–H and O–H groups in total. The molecule has 0 radical (unpaired) electrons. The van der Waals surface area contributed by atoms with Gasteiger partial charge in [-0.2, -0.15) is 0 Å². The second-order valence-corrected chi connectivity index (χ2v) is 4.70. The van der Waals surface area contributed by atoms with Crippen LogP contribution in [0.3, 0.4) is 0 Å². The van der Waals surface area contributed by atoms with Gasteiger partial charge in [0.2, 0.25) is 0 Å². The first-order valence-electron chi connectivity index (χ1n) is 4.65. The standard InChI is InChI=1S/C9H13N3OS/c1-5(2)12-4-3-6-7(8(12)13)14-9(10)11-6/h5H,3-4H2,1-2H3,(H2,10,11). The summed E-state index contributed by atoms with van der Waals surface area (Å²) in [6.07, 6.45) is 0.826. The first-order valence-corrected chi connectivity index (χ1v) is 5.47. The van der Waals surface area contributed by atoms with Crippen molar-refractivity contribution in [2.75, 3.05) is 12.3 Å². The van der Waals surface area contributed by atoms with Crippen molar-refractivity contribution in [3.8, 4) is 0 Å². The zero-order valence-electron chi connectivity index (χ0n) is 8.28. The minimum atomic E-state index is 0.0791. The maximum atomic E-state index is 11.9. The number of nitrogens with two attached hydrogens (primary N) is 1. The number of thiazole rings is 1. The number of aromatic nitrogens is 1. The Kier molecular flexibility index (Phi) is 2.19. The fourth-order valence-electron chi connectivity index (χ4n) is 1.66. The van der Waals surface area contributed by atoms with E-state index in [1.54, 1.807) is 0 Å². The van der Waals surface area contributed by atoms with Gasteiger partial charge in [-0.3, -0.25) is 4.79 Å². The lowest BCUT2D eigenvalue weighted by Gasteiger charge is -2.29. The van der Waals surface area contributed by atoms with E-state index in [2.05, 4.69) is 4.98 Å². The molecule has 0 saturated heterocycles. The van der Waals surface area contributed by atoms with Gasteiger partial charge < -0.3 is 10.6 Å². The highest BCUT2D eigenvalue weighted by Crippen LogP contribution is 2.27. The van der Waals surface area contributed by atoms with Crippen molar-refractivity contribution in [2.24, 2.45) is 0 Å². The van der Waals surface area contributed by atoms with Gasteiger partial charge in [0.1, 0.15) is 4.88 Å². The molecule has 0 saturated carbocycles. The summed E-state index contributed by atoms with van der Waals surface area (Å²) in [5, 5.41) is 0.494. The number of nitrogen functional groups attached to an aromatic ring is 1. The molecule has 5 heteroatoms. The van der Waals surface area contributed by atoms with Crippen LogP contribution in [0.25, 0.3) is 0 Å². The van der Waals surface area contributed by atoms with Gasteiger partial charge in [-0.05, 0) is 13.8 Å². The van der Waals surface area contributed by atoms with Gasteiger partial charge in [-0.1, -0.05) is 11.3 Å². The highest BCUT2D eigenvalue weighted by molar-refractivity contribution is 7.17. The summed E-state index contributed by atoms with van der Waals surface area (Å²) in [6, 6.07) is 0.249. The molecule has 0 fully saturated rings. The van der Waals surface area contributed by atoms with Gasteiger partial charge in [0.15, 0.2) is 5.13 Å². The van der Waals surface area contributed by atoms with Crippen LogP contribution in [-0.2, 0) is 6.42 Å². The summed E-state index contributed by atoms with van der Waals surface area (Å²) < 4.78 is 0. The molecule has 0 bridgehead atoms. The minimum Gasteiger partial charge on any atom is -0.375 e. The summed E-state index contributed by atoms with van der Waals surface area (Å²) in [5.74, 6) is 0.0791. The average Bonchev–Trinajstić information content (AvgIpc) is 2.46. The van der Waals surface area contributed by atoms with Crippen molar-refractivity contribution in [3.05, 3.63) is 10.6 Å². The third kappa shape index (κ3) is 1.37. The van der Waals surface area contributed by atoms with Crippen molar-refractivity contribution in [1.82, 2.24) is 9.88 Å². The molecule has 0 unspecified atom stereocenters. The van der Waals surface area contributed by atoms with E-state index in [1.165, 1.54) is 11.3 Å². The molecule has 1 aromatic heterocycles. The Morgan fingerprint density at radius 1 is 1.57 bits per heavy atom. The number of nitrogens with zero attached hydrogens (tertiary/aromatic N) is 2. The molecule has 1 amide bonds. The van der Waals surface area contributed by atoms with Gasteiger partial charge in [-0.15, -0.1) is 0 Å². The van der Waals surface area contributed by atoms with Crippen LogP contribution in [0.5, 0.6) is 0 Å². The third-order valence-electron chi connectivity index (χ3n) is 2.38. The Morgan fingerprint density at radius 2 is 2.29 bits per heavy atom. The Hall–Kier alpha value is -1.10. The van der Waals surface area contributed by atoms with Crippen molar-refractivity contribution in [3.63, 3.8) is 0 Å². The van der Waals surface area contributed by atoms with Gasteiger partial charge in [0.25, 0.3) is 5.91 Å². The highest BCUT2D eigenvalue weighted by Gasteiger charge is 2.29. The predicted octanol–water partition coefficient (Wildman–Crippen LogP) is 1.13. The number of carbonyl (C=O) groups is 1. The quantitative estimate of drug-likeness (QED) is 0.757. The number of hydrogen-bond donors (Lipinski definition) is 1. The largest absolute Gasteiger partial charge is 0.375 e. The SMILES string of the molecule is CC(C)N1CCc2nc(N)sc2C1=O. The molecule has 76 valence electrons. The van der Waals surface area contributed by atoms with E-state index in [9.17, 15) is 4.79 Å². The van der Waals surface area contributed by atoms with Gasteiger partial charge in [-0.25, -0.2) is 4.98 Å². The molecule has 0 aromatic carbocycles. The summed E-state index contributed by atoms with van der Waals surface area (Å²) in [4.78, 5) is 18.6. The van der Waals surface area contributed by atoms with Crippen molar-refractivity contribution in [2.45, 2.75) is 26.3 Å². The zero-order chi connectivity index (χ0) is 10.3. The van der Waals surface area contributed by atoms with Crippen LogP contribution in [0.2, 0.25) is 0 Å². The molecule has 1 aliphatic rings. The van der Waals surface area contributed by atoms with Crippen LogP contribution in [0.4, 0.5) is 5.13 Å². The van der Waals surface area contributed by atoms with Crippen LogP contribution >= 0.6 is 11.3 Å². The zero-order valence-corrected chi connectivity index (χ0v) is 9.10. The molecule has 4 nitrogen and oxygen atoms in total. The minimum absolute atomic E-state index is 0.0791. The van der Waals surface area contributed by atoms with E-state index in [4.69, 9.17) is 5.73 Å². The Labute approximate surface area is 86.7 Å². The van der Waals surface area contributed by atoms with E-state index in [-0.39, 0.29) is 11.9 Å². The number of carbonyl (C=O) groups excluding carboxylic acids is 1. The van der Waals surface area contributed by atoms with Gasteiger partial charge >= 0.3 is 0 Å². The van der Waals surface area contributed by atoms with Gasteiger partial charge in [0, 0.05) is 19.0 Å². The molecule has 0 aliphatic carbocycles. The maximum absolute atomic E-state index is 11.9. The normalized spacial score (nSPS) is 16.2. The van der Waals surface area contributed by atoms with E-state index >= 15 is 0 Å². The first kappa shape index (κ1) is 9.45. The first-order chi connectivity index (χ1) is 6.59. The van der Waals surface area contributed by atoms with Crippen LogP contribution in [-0.4, -0.2) is 28.4 Å². The molecule has 14 heavy (non-hydrogen) atoms. The lowest BCUT2D eigenvalue weighted by atomic mass is 10.1. The third-order valence-corrected chi connectivity index (χ3v) is 3.30. The summed E-state index contributed by atoms with van der Waals surface area (Å²) >= 11 is 1.29. The van der Waals surface area contributed by atoms with Crippen LogP contribution in [0.1, 0.15) is 29.2 Å². The summed E-state index contributed by atoms with van der Waals surface area (Å²) in [6.45, 7) is 4.80. The molecule has 1 aliphatic heterocycles. The topological polar surface area (TPSA) is 59.2 Å². The Bertz CT molecular complexity index is 372. The van der Waals surface area contributed by atoms with Crippen LogP contribution in [0, 0.1) is 0 Å². The van der Waals surface area contributed by atoms with E-state index in [0.717, 1.165) is 23.5 Å². The molecule has 1 aromatic rings. The monoisotopic (exact) mass is 211 g/mol. The van der Waals surface area contributed by atoms with Crippen LogP contribution < -0.4 is 5.73 Å². The summed E-state index contributed by atoms with van der Waals surface area (Å²) in [5.41, 5.74) is 6.45. The maximum Gasteiger partial charge on any atom is 0.266 e.